The van der Waals surface area contributed by atoms with Crippen LogP contribution >= 0.6 is 22.6 Å². The van der Waals surface area contributed by atoms with Crippen molar-refractivity contribution in [3.63, 3.8) is 0 Å². The van der Waals surface area contributed by atoms with Crippen LogP contribution in [0.2, 0.25) is 0 Å². The summed E-state index contributed by atoms with van der Waals surface area (Å²) in [6.07, 6.45) is 0.339. The van der Waals surface area contributed by atoms with Gasteiger partial charge in [-0.05, 0) is 63.5 Å². The minimum atomic E-state index is -1.27. The van der Waals surface area contributed by atoms with Gasteiger partial charge in [-0.1, -0.05) is 91.0 Å². The van der Waals surface area contributed by atoms with Gasteiger partial charge in [0, 0.05) is 3.57 Å². The third kappa shape index (κ3) is 8.46. The largest absolute Gasteiger partial charge is 0.489 e. The molecule has 1 aliphatic rings. The van der Waals surface area contributed by atoms with Crippen molar-refractivity contribution in [2.24, 2.45) is 0 Å². The van der Waals surface area contributed by atoms with Crippen LogP contribution in [0.4, 0.5) is 0 Å². The monoisotopic (exact) mass is 606 g/mol. The quantitative estimate of drug-likeness (QED) is 0.136. The Morgan fingerprint density at radius 1 is 0.622 bits per heavy atom. The van der Waals surface area contributed by atoms with E-state index in [4.69, 9.17) is 14.2 Å². The Bertz CT molecular complexity index is 1220. The summed E-state index contributed by atoms with van der Waals surface area (Å²) in [6, 6.07) is 37.3. The van der Waals surface area contributed by atoms with Gasteiger partial charge in [0.25, 0.3) is 5.79 Å². The van der Waals surface area contributed by atoms with Gasteiger partial charge in [0.05, 0.1) is 12.8 Å². The molecule has 4 aromatic rings. The first-order chi connectivity index (χ1) is 18.0. The molecular formula is C31H27IO5. The Hall–Kier alpha value is -3.65. The highest BCUT2D eigenvalue weighted by atomic mass is 127. The number of ether oxygens (including phenoxy) is 3. The van der Waals surface area contributed by atoms with Gasteiger partial charge in [-0.15, -0.1) is 0 Å². The second kappa shape index (κ2) is 13.1. The highest BCUT2D eigenvalue weighted by Crippen LogP contribution is 2.29. The maximum absolute atomic E-state index is 11.7. The predicted molar refractivity (Wildman–Crippen MR) is 150 cm³/mol. The van der Waals surface area contributed by atoms with Crippen LogP contribution in [-0.2, 0) is 38.5 Å². The van der Waals surface area contributed by atoms with Crippen molar-refractivity contribution < 1.29 is 23.8 Å². The number of benzene rings is 4. The molecule has 1 fully saturated rings. The van der Waals surface area contributed by atoms with E-state index in [0.717, 1.165) is 16.9 Å². The molecule has 5 rings (SSSR count). The van der Waals surface area contributed by atoms with Crippen LogP contribution in [0, 0.1) is 3.57 Å². The van der Waals surface area contributed by atoms with E-state index in [0.29, 0.717) is 19.4 Å². The third-order valence-electron chi connectivity index (χ3n) is 5.58. The molecule has 0 spiro atoms. The Morgan fingerprint density at radius 2 is 1.05 bits per heavy atom. The molecule has 0 unspecified atom stereocenters. The summed E-state index contributed by atoms with van der Waals surface area (Å²) in [4.78, 5) is 23.5. The van der Waals surface area contributed by atoms with Crippen molar-refractivity contribution in [2.75, 3.05) is 0 Å². The molecule has 0 atom stereocenters. The number of halogens is 1. The van der Waals surface area contributed by atoms with E-state index >= 15 is 0 Å². The highest BCUT2D eigenvalue weighted by Gasteiger charge is 2.43. The molecule has 37 heavy (non-hydrogen) atoms. The molecule has 1 aliphatic heterocycles. The molecule has 0 N–H and O–H groups in total. The minimum Gasteiger partial charge on any atom is -0.489 e. The SMILES string of the molecule is Ic1ccc(OCc2ccccc2)cc1.O=C1CC(=O)OC(Cc2ccccc2)(Cc2ccccc2)O1. The average molecular weight is 606 g/mol. The molecule has 4 aromatic carbocycles. The van der Waals surface area contributed by atoms with Gasteiger partial charge in [0.15, 0.2) is 0 Å². The van der Waals surface area contributed by atoms with Gasteiger partial charge in [-0.2, -0.15) is 0 Å². The summed E-state index contributed by atoms with van der Waals surface area (Å²) in [5, 5.41) is 0. The van der Waals surface area contributed by atoms with Crippen LogP contribution in [-0.4, -0.2) is 17.7 Å². The number of carbonyl (C=O) groups excluding carboxylic acids is 2. The van der Waals surface area contributed by atoms with Gasteiger partial charge in [-0.25, -0.2) is 0 Å². The van der Waals surface area contributed by atoms with Crippen molar-refractivity contribution in [1.82, 2.24) is 0 Å². The van der Waals surface area contributed by atoms with Crippen LogP contribution in [0.25, 0.3) is 0 Å². The third-order valence-corrected chi connectivity index (χ3v) is 6.30. The van der Waals surface area contributed by atoms with Crippen LogP contribution in [0.3, 0.4) is 0 Å². The van der Waals surface area contributed by atoms with Crippen molar-refractivity contribution >= 4 is 34.5 Å². The lowest BCUT2D eigenvalue weighted by molar-refractivity contribution is -0.243. The number of hydrogen-bond donors (Lipinski definition) is 0. The van der Waals surface area contributed by atoms with E-state index in [1.54, 1.807) is 0 Å². The fourth-order valence-corrected chi connectivity index (χ4v) is 4.28. The minimum absolute atomic E-state index is 0.328. The maximum atomic E-state index is 11.7. The van der Waals surface area contributed by atoms with Crippen molar-refractivity contribution in [2.45, 2.75) is 31.7 Å². The van der Waals surface area contributed by atoms with Crippen LogP contribution in [0.15, 0.2) is 115 Å². The zero-order valence-corrected chi connectivity index (χ0v) is 22.4. The van der Waals surface area contributed by atoms with Crippen molar-refractivity contribution in [3.05, 3.63) is 136 Å². The number of esters is 2. The molecular weight excluding hydrogens is 579 g/mol. The van der Waals surface area contributed by atoms with Crippen LogP contribution < -0.4 is 4.74 Å². The van der Waals surface area contributed by atoms with E-state index in [-0.39, 0.29) is 6.42 Å². The fourth-order valence-electron chi connectivity index (χ4n) is 3.92. The first-order valence-electron chi connectivity index (χ1n) is 11.9. The van der Waals surface area contributed by atoms with E-state index in [9.17, 15) is 9.59 Å². The molecule has 5 nitrogen and oxygen atoms in total. The second-order valence-corrected chi connectivity index (χ2v) is 9.83. The molecule has 188 valence electrons. The van der Waals surface area contributed by atoms with Crippen LogP contribution in [0.1, 0.15) is 23.1 Å². The first kappa shape index (κ1) is 26.4. The fraction of sp³-hybridized carbons (Fsp3) is 0.161. The Balaban J connectivity index is 0.000000186. The summed E-state index contributed by atoms with van der Waals surface area (Å²) in [5.74, 6) is -1.43. The van der Waals surface area contributed by atoms with E-state index < -0.39 is 17.7 Å². The van der Waals surface area contributed by atoms with Crippen molar-refractivity contribution in [1.29, 1.82) is 0 Å². The molecule has 0 radical (unpaired) electrons. The standard InChI is InChI=1S/C18H16O4.C13H11IO/c19-16-11-17(20)22-18(21-16,12-14-7-3-1-4-8-14)13-15-9-5-2-6-10-15;14-12-6-8-13(9-7-12)15-10-11-4-2-1-3-5-11/h1-10H,11-13H2;1-9H,10H2. The van der Waals surface area contributed by atoms with E-state index in [1.165, 1.54) is 9.13 Å². The zero-order chi connectivity index (χ0) is 25.9. The summed E-state index contributed by atoms with van der Waals surface area (Å²) in [6.45, 7) is 0.626. The molecule has 0 saturated carbocycles. The van der Waals surface area contributed by atoms with Gasteiger partial charge in [-0.3, -0.25) is 9.59 Å². The lowest BCUT2D eigenvalue weighted by atomic mass is 9.96. The number of rotatable bonds is 7. The molecule has 1 saturated heterocycles. The van der Waals surface area contributed by atoms with E-state index in [2.05, 4.69) is 34.7 Å². The lowest BCUT2D eigenvalue weighted by Crippen LogP contribution is -2.48. The lowest BCUT2D eigenvalue weighted by Gasteiger charge is -2.36. The summed E-state index contributed by atoms with van der Waals surface area (Å²) < 4.78 is 17.8. The van der Waals surface area contributed by atoms with Gasteiger partial charge in [0.1, 0.15) is 18.8 Å². The second-order valence-electron chi connectivity index (χ2n) is 8.59. The molecule has 0 aliphatic carbocycles. The topological polar surface area (TPSA) is 61.8 Å². The average Bonchev–Trinajstić information content (AvgIpc) is 2.90. The Labute approximate surface area is 230 Å². The summed E-state index contributed by atoms with van der Waals surface area (Å²) >= 11 is 2.28. The van der Waals surface area contributed by atoms with E-state index in [1.807, 2.05) is 103 Å². The Morgan fingerprint density at radius 3 is 1.51 bits per heavy atom. The van der Waals surface area contributed by atoms with Gasteiger partial charge in [0.2, 0.25) is 0 Å². The molecule has 1 heterocycles. The number of cyclic esters (lactones) is 2. The Kier molecular flexibility index (Phi) is 9.32. The maximum Gasteiger partial charge on any atom is 0.320 e. The molecule has 0 bridgehead atoms. The molecule has 0 amide bonds. The predicted octanol–water partition coefficient (Wildman–Crippen LogP) is 6.53. The van der Waals surface area contributed by atoms with Gasteiger partial charge >= 0.3 is 11.9 Å². The summed E-state index contributed by atoms with van der Waals surface area (Å²) in [5.41, 5.74) is 3.08. The summed E-state index contributed by atoms with van der Waals surface area (Å²) in [7, 11) is 0. The zero-order valence-electron chi connectivity index (χ0n) is 20.2. The highest BCUT2D eigenvalue weighted by molar-refractivity contribution is 14.1. The smallest absolute Gasteiger partial charge is 0.320 e. The first-order valence-corrected chi connectivity index (χ1v) is 13.0. The van der Waals surface area contributed by atoms with Crippen molar-refractivity contribution in [3.8, 4) is 5.75 Å². The van der Waals surface area contributed by atoms with Gasteiger partial charge < -0.3 is 14.2 Å². The number of carbonyl (C=O) groups is 2. The van der Waals surface area contributed by atoms with Crippen LogP contribution in [0.5, 0.6) is 5.75 Å². The number of hydrogen-bond acceptors (Lipinski definition) is 5. The molecule has 0 aromatic heterocycles. The molecule has 6 heteroatoms. The normalized spacial score (nSPS) is 14.0.